The molecule has 4 aromatic rings. The summed E-state index contributed by atoms with van der Waals surface area (Å²) in [5.74, 6) is -0.994. The SMILES string of the molecule is COc1ccc(F)cc1C(C)(C)CC(O)(CNc1cc(C)cc2c1cnn2-c1cccc(C(=O)N[C@@H]2CCN(C)C2=O)c1)C(F)(F)F. The lowest BCUT2D eigenvalue weighted by atomic mass is 9.74. The average Bonchev–Trinajstić information content (AvgIpc) is 3.57. The number of hydrogen-bond donors (Lipinski definition) is 3. The maximum atomic E-state index is 14.5. The molecule has 2 atom stereocenters. The summed E-state index contributed by atoms with van der Waals surface area (Å²) in [7, 11) is 3.02. The fourth-order valence-electron chi connectivity index (χ4n) is 6.14. The zero-order chi connectivity index (χ0) is 34.3. The van der Waals surface area contributed by atoms with E-state index in [1.807, 2.05) is 6.07 Å². The van der Waals surface area contributed by atoms with E-state index >= 15 is 0 Å². The fourth-order valence-corrected chi connectivity index (χ4v) is 6.14. The van der Waals surface area contributed by atoms with Gasteiger partial charge in [-0.05, 0) is 79.3 Å². The van der Waals surface area contributed by atoms with Gasteiger partial charge in [-0.2, -0.15) is 18.3 Å². The van der Waals surface area contributed by atoms with Crippen LogP contribution in [0.2, 0.25) is 0 Å². The van der Waals surface area contributed by atoms with Gasteiger partial charge in [0.25, 0.3) is 5.91 Å². The summed E-state index contributed by atoms with van der Waals surface area (Å²) in [5, 5.41) is 21.7. The van der Waals surface area contributed by atoms with Crippen molar-refractivity contribution in [1.29, 1.82) is 0 Å². The minimum absolute atomic E-state index is 0.155. The lowest BCUT2D eigenvalue weighted by Gasteiger charge is -2.38. The third kappa shape index (κ3) is 6.76. The topological polar surface area (TPSA) is 109 Å². The van der Waals surface area contributed by atoms with Crippen LogP contribution in [0.15, 0.2) is 60.8 Å². The first-order valence-electron chi connectivity index (χ1n) is 15.0. The van der Waals surface area contributed by atoms with Gasteiger partial charge in [0.05, 0.1) is 31.1 Å². The Balaban J connectivity index is 1.42. The molecule has 1 saturated heterocycles. The highest BCUT2D eigenvalue weighted by atomic mass is 19.4. The van der Waals surface area contributed by atoms with E-state index < -0.39 is 47.9 Å². The molecule has 0 saturated carbocycles. The molecule has 2 amide bonds. The van der Waals surface area contributed by atoms with E-state index in [1.165, 1.54) is 33.2 Å². The molecule has 0 aliphatic carbocycles. The Bertz CT molecular complexity index is 1820. The standard InChI is InChI=1S/C34H37F4N5O4/c1-20-13-27(39-19-33(46,34(36,37)38)18-32(2,3)25-16-22(35)9-10-29(25)47-5)24-17-40-43(28(24)14-20)23-8-6-7-21(15-23)30(44)41-26-11-12-42(4)31(26)45/h6-10,13-17,26,39,46H,11-12,18-19H2,1-5H3,(H,41,44)/t26-,33?/m1/s1. The van der Waals surface area contributed by atoms with Gasteiger partial charge in [0.1, 0.15) is 17.6 Å². The number of hydrogen-bond acceptors (Lipinski definition) is 6. The number of aliphatic hydroxyl groups is 1. The number of fused-ring (bicyclic) bond motifs is 1. The highest BCUT2D eigenvalue weighted by Gasteiger charge is 2.56. The molecule has 0 bridgehead atoms. The predicted molar refractivity (Wildman–Crippen MR) is 169 cm³/mol. The normalized spacial score (nSPS) is 16.8. The molecule has 1 aliphatic heterocycles. The van der Waals surface area contributed by atoms with Crippen LogP contribution in [-0.4, -0.2) is 76.7 Å². The summed E-state index contributed by atoms with van der Waals surface area (Å²) in [6, 6.07) is 13.1. The predicted octanol–water partition coefficient (Wildman–Crippen LogP) is 5.52. The van der Waals surface area contributed by atoms with Gasteiger partial charge < -0.3 is 25.4 Å². The molecular formula is C34H37F4N5O4. The molecule has 3 aromatic carbocycles. The number of ether oxygens (including phenoxy) is 1. The number of benzene rings is 3. The Morgan fingerprint density at radius 1 is 1.13 bits per heavy atom. The molecule has 1 aromatic heterocycles. The van der Waals surface area contributed by atoms with Crippen LogP contribution >= 0.6 is 0 Å². The zero-order valence-electron chi connectivity index (χ0n) is 26.7. The van der Waals surface area contributed by atoms with Gasteiger partial charge in [-0.15, -0.1) is 0 Å². The molecule has 250 valence electrons. The van der Waals surface area contributed by atoms with E-state index in [4.69, 9.17) is 4.74 Å². The van der Waals surface area contributed by atoms with Crippen LogP contribution in [0.25, 0.3) is 16.6 Å². The van der Waals surface area contributed by atoms with Crippen LogP contribution in [0.4, 0.5) is 23.2 Å². The van der Waals surface area contributed by atoms with E-state index in [1.54, 1.807) is 53.9 Å². The van der Waals surface area contributed by atoms with Crippen molar-refractivity contribution in [2.45, 2.75) is 56.8 Å². The lowest BCUT2D eigenvalue weighted by Crippen LogP contribution is -2.53. The molecule has 2 heterocycles. The molecule has 5 rings (SSSR count). The van der Waals surface area contributed by atoms with E-state index in [-0.39, 0.29) is 17.2 Å². The van der Waals surface area contributed by atoms with Crippen LogP contribution in [0, 0.1) is 12.7 Å². The van der Waals surface area contributed by atoms with Gasteiger partial charge in [0, 0.05) is 35.8 Å². The van der Waals surface area contributed by atoms with Crippen LogP contribution < -0.4 is 15.4 Å². The first kappa shape index (κ1) is 33.7. The number of halogens is 4. The molecule has 1 fully saturated rings. The maximum absolute atomic E-state index is 14.5. The van der Waals surface area contributed by atoms with Crippen molar-refractivity contribution in [2.24, 2.45) is 0 Å². The molecule has 3 N–H and O–H groups in total. The number of aryl methyl sites for hydroxylation is 1. The average molecular weight is 656 g/mol. The van der Waals surface area contributed by atoms with E-state index in [0.29, 0.717) is 46.4 Å². The number of likely N-dealkylation sites (N-methyl/N-ethyl adjacent to an activating group) is 1. The quantitative estimate of drug-likeness (QED) is 0.195. The third-order valence-corrected chi connectivity index (χ3v) is 8.64. The van der Waals surface area contributed by atoms with E-state index in [0.717, 1.165) is 12.1 Å². The second-order valence-corrected chi connectivity index (χ2v) is 12.7. The molecule has 47 heavy (non-hydrogen) atoms. The largest absolute Gasteiger partial charge is 0.496 e. The van der Waals surface area contributed by atoms with Crippen LogP contribution in [-0.2, 0) is 10.2 Å². The molecule has 13 heteroatoms. The van der Waals surface area contributed by atoms with E-state index in [2.05, 4.69) is 15.7 Å². The summed E-state index contributed by atoms with van der Waals surface area (Å²) in [6.07, 6.45) is -3.82. The van der Waals surface area contributed by atoms with E-state index in [9.17, 15) is 32.3 Å². The Morgan fingerprint density at radius 3 is 2.53 bits per heavy atom. The Labute approximate surface area is 269 Å². The number of likely N-dealkylation sites (tertiary alicyclic amines) is 1. The number of methoxy groups -OCH3 is 1. The van der Waals surface area contributed by atoms with Crippen molar-refractivity contribution < 1.29 is 37.0 Å². The number of carbonyl (C=O) groups excluding carboxylic acids is 2. The minimum Gasteiger partial charge on any atom is -0.496 e. The number of aromatic nitrogens is 2. The van der Waals surface area contributed by atoms with Gasteiger partial charge >= 0.3 is 6.18 Å². The molecule has 9 nitrogen and oxygen atoms in total. The smallest absolute Gasteiger partial charge is 0.418 e. The van der Waals surface area contributed by atoms with Crippen molar-refractivity contribution in [3.8, 4) is 11.4 Å². The third-order valence-electron chi connectivity index (χ3n) is 8.64. The summed E-state index contributed by atoms with van der Waals surface area (Å²) in [5.41, 5.74) is -1.95. The molecule has 0 spiro atoms. The highest BCUT2D eigenvalue weighted by Crippen LogP contribution is 2.44. The minimum atomic E-state index is -5.04. The van der Waals surface area contributed by atoms with Crippen molar-refractivity contribution in [3.05, 3.63) is 83.3 Å². The second-order valence-electron chi connectivity index (χ2n) is 12.7. The molecule has 0 radical (unpaired) electrons. The number of carbonyl (C=O) groups is 2. The zero-order valence-corrected chi connectivity index (χ0v) is 26.7. The number of rotatable bonds is 10. The van der Waals surface area contributed by atoms with Gasteiger partial charge in [0.2, 0.25) is 5.91 Å². The van der Waals surface area contributed by atoms with Crippen LogP contribution in [0.1, 0.15) is 48.2 Å². The Hall–Kier alpha value is -4.65. The second kappa shape index (κ2) is 12.5. The Morgan fingerprint density at radius 2 is 1.87 bits per heavy atom. The van der Waals surface area contributed by atoms with Crippen LogP contribution in [0.5, 0.6) is 5.75 Å². The number of alkyl halides is 3. The first-order valence-corrected chi connectivity index (χ1v) is 15.0. The number of nitrogens with one attached hydrogen (secondary N) is 2. The number of amides is 2. The Kier molecular flexibility index (Phi) is 8.97. The van der Waals surface area contributed by atoms with Gasteiger partial charge in [-0.25, -0.2) is 9.07 Å². The van der Waals surface area contributed by atoms with Crippen molar-refractivity contribution in [1.82, 2.24) is 20.0 Å². The number of nitrogens with zero attached hydrogens (tertiary/aromatic N) is 3. The highest BCUT2D eigenvalue weighted by molar-refractivity contribution is 5.99. The van der Waals surface area contributed by atoms with Gasteiger partial charge in [-0.1, -0.05) is 19.9 Å². The van der Waals surface area contributed by atoms with Crippen molar-refractivity contribution in [3.63, 3.8) is 0 Å². The lowest BCUT2D eigenvalue weighted by molar-refractivity contribution is -0.260. The van der Waals surface area contributed by atoms with Gasteiger partial charge in [0.15, 0.2) is 5.60 Å². The van der Waals surface area contributed by atoms with Crippen molar-refractivity contribution >= 4 is 28.4 Å². The van der Waals surface area contributed by atoms with Crippen molar-refractivity contribution in [2.75, 3.05) is 32.6 Å². The summed E-state index contributed by atoms with van der Waals surface area (Å²) in [4.78, 5) is 26.8. The maximum Gasteiger partial charge on any atom is 0.418 e. The summed E-state index contributed by atoms with van der Waals surface area (Å²) < 4.78 is 64.6. The number of anilines is 1. The monoisotopic (exact) mass is 655 g/mol. The molecule has 1 aliphatic rings. The summed E-state index contributed by atoms with van der Waals surface area (Å²) in [6.45, 7) is 4.42. The van der Waals surface area contributed by atoms with Gasteiger partial charge in [-0.3, -0.25) is 9.59 Å². The molecular weight excluding hydrogens is 618 g/mol. The van der Waals surface area contributed by atoms with Crippen LogP contribution in [0.3, 0.4) is 0 Å². The molecule has 1 unspecified atom stereocenters. The fraction of sp³-hybridized carbons (Fsp3) is 0.382. The summed E-state index contributed by atoms with van der Waals surface area (Å²) >= 11 is 0. The first-order chi connectivity index (χ1) is 22.0.